The molecule has 0 radical (unpaired) electrons. The van der Waals surface area contributed by atoms with Crippen LogP contribution in [0.25, 0.3) is 0 Å². The van der Waals surface area contributed by atoms with Crippen LogP contribution in [-0.2, 0) is 16.0 Å². The number of nitrogens with zero attached hydrogens (tertiary/aromatic N) is 2. The van der Waals surface area contributed by atoms with Crippen LogP contribution in [0.1, 0.15) is 27.2 Å². The van der Waals surface area contributed by atoms with E-state index in [1.165, 1.54) is 6.20 Å². The summed E-state index contributed by atoms with van der Waals surface area (Å²) in [5.41, 5.74) is -0.460. The highest BCUT2D eigenvalue weighted by Crippen LogP contribution is 2.32. The third kappa shape index (κ3) is 3.58. The summed E-state index contributed by atoms with van der Waals surface area (Å²) in [4.78, 5) is 17.2. The zero-order chi connectivity index (χ0) is 18.3. The fraction of sp³-hybridized carbons (Fsp3) is 0.286. The predicted octanol–water partition coefficient (Wildman–Crippen LogP) is 2.19. The molecule has 6 nitrogen and oxygen atoms in total. The summed E-state index contributed by atoms with van der Waals surface area (Å²) in [6.07, 6.45) is -2.60. The number of alkyl halides is 3. The van der Waals surface area contributed by atoms with Gasteiger partial charge in [0.2, 0.25) is 0 Å². The van der Waals surface area contributed by atoms with E-state index in [0.717, 1.165) is 16.5 Å². The molecule has 0 atom stereocenters. The van der Waals surface area contributed by atoms with Gasteiger partial charge in [-0.3, -0.25) is 0 Å². The van der Waals surface area contributed by atoms with Crippen molar-refractivity contribution in [1.29, 1.82) is 0 Å². The predicted molar refractivity (Wildman–Crippen MR) is 77.2 cm³/mol. The molecule has 1 aromatic carbocycles. The number of carbonyl (C=O) groups excluding carboxylic acids is 1. The molecule has 0 saturated heterocycles. The van der Waals surface area contributed by atoms with Crippen LogP contribution in [0.5, 0.6) is 0 Å². The summed E-state index contributed by atoms with van der Waals surface area (Å²) in [6, 6.07) is 1.80. The number of aromatic nitrogens is 2. The summed E-state index contributed by atoms with van der Waals surface area (Å²) in [6.45, 7) is 3.33. The molecule has 0 spiro atoms. The van der Waals surface area contributed by atoms with E-state index >= 15 is 0 Å². The standard InChI is InChI=1S/C14H13F3N2O4S/c1-8-7-18-19(9(8)2)23-13(20)11-5-4-10(14(15,16)17)6-12(11)24(3,21)22/h4-7H,1-3H3. The number of rotatable bonds is 3. The van der Waals surface area contributed by atoms with E-state index in [4.69, 9.17) is 4.84 Å². The number of halogens is 3. The molecule has 0 aliphatic carbocycles. The van der Waals surface area contributed by atoms with E-state index in [0.29, 0.717) is 24.1 Å². The molecule has 0 bridgehead atoms. The first-order chi connectivity index (χ1) is 10.9. The van der Waals surface area contributed by atoms with Gasteiger partial charge in [-0.25, -0.2) is 13.2 Å². The minimum atomic E-state index is -4.74. The Hall–Kier alpha value is -2.36. The molecule has 2 aromatic rings. The van der Waals surface area contributed by atoms with Gasteiger partial charge >= 0.3 is 12.1 Å². The summed E-state index contributed by atoms with van der Waals surface area (Å²) in [7, 11) is -4.09. The van der Waals surface area contributed by atoms with Gasteiger partial charge in [0, 0.05) is 6.26 Å². The molecular weight excluding hydrogens is 349 g/mol. The summed E-state index contributed by atoms with van der Waals surface area (Å²) < 4.78 is 61.8. The molecular formula is C14H13F3N2O4S. The number of sulfone groups is 1. The third-order valence-electron chi connectivity index (χ3n) is 3.31. The molecule has 2 rings (SSSR count). The van der Waals surface area contributed by atoms with Gasteiger partial charge in [0.1, 0.15) is 0 Å². The van der Waals surface area contributed by atoms with Crippen molar-refractivity contribution in [2.45, 2.75) is 24.9 Å². The molecule has 10 heteroatoms. The Morgan fingerprint density at radius 3 is 2.33 bits per heavy atom. The van der Waals surface area contributed by atoms with E-state index < -0.39 is 38.0 Å². The Labute approximate surface area is 135 Å². The molecule has 1 aromatic heterocycles. The van der Waals surface area contributed by atoms with Crippen molar-refractivity contribution in [3.05, 3.63) is 46.8 Å². The van der Waals surface area contributed by atoms with E-state index in [-0.39, 0.29) is 0 Å². The highest BCUT2D eigenvalue weighted by atomic mass is 32.2. The third-order valence-corrected chi connectivity index (χ3v) is 4.45. The lowest BCUT2D eigenvalue weighted by atomic mass is 10.1. The van der Waals surface area contributed by atoms with Crippen molar-refractivity contribution in [3.63, 3.8) is 0 Å². The molecule has 0 amide bonds. The lowest BCUT2D eigenvalue weighted by Crippen LogP contribution is -2.24. The van der Waals surface area contributed by atoms with E-state index in [1.54, 1.807) is 13.8 Å². The van der Waals surface area contributed by atoms with Gasteiger partial charge < -0.3 is 4.84 Å². The van der Waals surface area contributed by atoms with Crippen LogP contribution in [0, 0.1) is 13.8 Å². The first-order valence-corrected chi connectivity index (χ1v) is 8.45. The van der Waals surface area contributed by atoms with Crippen molar-refractivity contribution in [1.82, 2.24) is 9.94 Å². The number of hydrogen-bond donors (Lipinski definition) is 0. The molecule has 0 aliphatic rings. The second-order valence-corrected chi connectivity index (χ2v) is 7.13. The summed E-state index contributed by atoms with van der Waals surface area (Å²) >= 11 is 0. The van der Waals surface area contributed by atoms with Gasteiger partial charge in [-0.1, -0.05) is 4.85 Å². The van der Waals surface area contributed by atoms with Gasteiger partial charge in [0.25, 0.3) is 0 Å². The fourth-order valence-electron chi connectivity index (χ4n) is 1.86. The SMILES string of the molecule is Cc1cnn(OC(=O)c2ccc(C(F)(F)F)cc2S(C)(=O)=O)c1C. The Kier molecular flexibility index (Phi) is 4.44. The zero-order valence-corrected chi connectivity index (χ0v) is 13.7. The first kappa shape index (κ1) is 18.0. The van der Waals surface area contributed by atoms with Crippen molar-refractivity contribution >= 4 is 15.8 Å². The van der Waals surface area contributed by atoms with Crippen LogP contribution in [0.15, 0.2) is 29.3 Å². The maximum absolute atomic E-state index is 12.8. The van der Waals surface area contributed by atoms with Crippen LogP contribution in [0.4, 0.5) is 13.2 Å². The number of aryl methyl sites for hydroxylation is 1. The highest BCUT2D eigenvalue weighted by Gasteiger charge is 2.33. The highest BCUT2D eigenvalue weighted by molar-refractivity contribution is 7.90. The minimum absolute atomic E-state index is 0.410. The largest absolute Gasteiger partial charge is 0.416 e. The molecule has 24 heavy (non-hydrogen) atoms. The summed E-state index contributed by atoms with van der Waals surface area (Å²) in [5.74, 6) is -1.13. The Morgan fingerprint density at radius 2 is 1.88 bits per heavy atom. The maximum atomic E-state index is 12.8. The Morgan fingerprint density at radius 1 is 1.25 bits per heavy atom. The molecule has 0 unspecified atom stereocenters. The van der Waals surface area contributed by atoms with Crippen LogP contribution in [0.3, 0.4) is 0 Å². The quantitative estimate of drug-likeness (QED) is 0.836. The number of benzene rings is 1. The van der Waals surface area contributed by atoms with Gasteiger partial charge in [0.15, 0.2) is 9.84 Å². The number of hydrogen-bond acceptors (Lipinski definition) is 5. The second kappa shape index (κ2) is 5.93. The first-order valence-electron chi connectivity index (χ1n) is 6.56. The molecule has 1 heterocycles. The van der Waals surface area contributed by atoms with Crippen LogP contribution >= 0.6 is 0 Å². The smallest absolute Gasteiger partial charge is 0.314 e. The molecule has 0 fully saturated rings. The maximum Gasteiger partial charge on any atom is 0.416 e. The van der Waals surface area contributed by atoms with Gasteiger partial charge in [-0.05, 0) is 37.6 Å². The van der Waals surface area contributed by atoms with E-state index in [2.05, 4.69) is 5.10 Å². The fourth-order valence-corrected chi connectivity index (χ4v) is 2.76. The van der Waals surface area contributed by atoms with Crippen LogP contribution in [0.2, 0.25) is 0 Å². The average molecular weight is 362 g/mol. The topological polar surface area (TPSA) is 78.3 Å². The monoisotopic (exact) mass is 362 g/mol. The number of carbonyl (C=O) groups is 1. The lowest BCUT2D eigenvalue weighted by Gasteiger charge is -2.12. The Balaban J connectivity index is 2.49. The van der Waals surface area contributed by atoms with E-state index in [1.807, 2.05) is 0 Å². The van der Waals surface area contributed by atoms with Gasteiger partial charge in [0.05, 0.1) is 27.9 Å². The van der Waals surface area contributed by atoms with Crippen molar-refractivity contribution in [2.24, 2.45) is 0 Å². The molecule has 130 valence electrons. The Bertz CT molecular complexity index is 901. The second-order valence-electron chi connectivity index (χ2n) is 5.15. The molecule has 0 saturated carbocycles. The van der Waals surface area contributed by atoms with Crippen LogP contribution < -0.4 is 4.84 Å². The molecule has 0 N–H and O–H groups in total. The van der Waals surface area contributed by atoms with Gasteiger partial charge in [-0.2, -0.15) is 13.2 Å². The minimum Gasteiger partial charge on any atom is -0.314 e. The normalized spacial score (nSPS) is 12.2. The average Bonchev–Trinajstić information content (AvgIpc) is 2.76. The van der Waals surface area contributed by atoms with Gasteiger partial charge in [-0.15, -0.1) is 5.10 Å². The van der Waals surface area contributed by atoms with Crippen LogP contribution in [-0.4, -0.2) is 30.6 Å². The molecule has 0 aliphatic heterocycles. The van der Waals surface area contributed by atoms with Crippen molar-refractivity contribution in [2.75, 3.05) is 6.26 Å². The van der Waals surface area contributed by atoms with Crippen molar-refractivity contribution < 1.29 is 31.2 Å². The van der Waals surface area contributed by atoms with Crippen molar-refractivity contribution in [3.8, 4) is 0 Å². The lowest BCUT2D eigenvalue weighted by molar-refractivity contribution is -0.137. The van der Waals surface area contributed by atoms with E-state index in [9.17, 15) is 26.4 Å². The zero-order valence-electron chi connectivity index (χ0n) is 12.9. The summed E-state index contributed by atoms with van der Waals surface area (Å²) in [5, 5.41) is 3.77.